The molecule has 2 aliphatic heterocycles. The number of carbonyl (C=O) groups excluding carboxylic acids is 3. The predicted molar refractivity (Wildman–Crippen MR) is 181 cm³/mol. The van der Waals surface area contributed by atoms with Gasteiger partial charge in [0.25, 0.3) is 11.8 Å². The Morgan fingerprint density at radius 2 is 1.83 bits per heavy atom. The van der Waals surface area contributed by atoms with E-state index in [-0.39, 0.29) is 43.8 Å². The number of fused-ring (bicyclic) bond motifs is 2. The van der Waals surface area contributed by atoms with E-state index in [2.05, 4.69) is 11.9 Å². The zero-order valence-corrected chi connectivity index (χ0v) is 27.5. The molecule has 4 atom stereocenters. The zero-order chi connectivity index (χ0) is 33.2. The van der Waals surface area contributed by atoms with Crippen LogP contribution in [0.3, 0.4) is 0 Å². The van der Waals surface area contributed by atoms with Gasteiger partial charge in [-0.1, -0.05) is 43.3 Å². The number of amides is 3. The van der Waals surface area contributed by atoms with Crippen LogP contribution >= 0.6 is 0 Å². The van der Waals surface area contributed by atoms with E-state index in [9.17, 15) is 24.3 Å². The predicted octanol–water partition coefficient (Wildman–Crippen LogP) is 4.26. The number of ether oxygens (including phenoxy) is 1. The van der Waals surface area contributed by atoms with Crippen molar-refractivity contribution in [2.75, 3.05) is 35.6 Å². The van der Waals surface area contributed by atoms with Crippen molar-refractivity contribution in [2.45, 2.75) is 50.2 Å². The third-order valence-electron chi connectivity index (χ3n) is 9.04. The van der Waals surface area contributed by atoms with Gasteiger partial charge >= 0.3 is 0 Å². The standard InChI is InChI=1S/C35H42N4O6Si/c1-5-17-39-29-16-15-27(37-33(42)25-11-13-26(36)14-12-25)20-28(29)35(34(39)43)23(2)32(46(3,4)44)30(45-35)21-31(41)38(18-19-40)22-24-9-7-6-8-10-24/h5-16,20,23,30,32,40,44H,1,17-19,21-22,36H2,2-4H3,(H,37,42)/t23-,30+,32-,35+/m0/s1. The van der Waals surface area contributed by atoms with Gasteiger partial charge in [0.2, 0.25) is 5.91 Å². The van der Waals surface area contributed by atoms with Gasteiger partial charge in [0, 0.05) is 53.6 Å². The molecule has 0 aliphatic carbocycles. The molecule has 0 unspecified atom stereocenters. The molecule has 1 saturated heterocycles. The van der Waals surface area contributed by atoms with Gasteiger partial charge in [-0.3, -0.25) is 14.4 Å². The average molecular weight is 643 g/mol. The molecule has 3 aromatic rings. The van der Waals surface area contributed by atoms with Crippen molar-refractivity contribution in [3.63, 3.8) is 0 Å². The van der Waals surface area contributed by atoms with Crippen molar-refractivity contribution >= 4 is 43.1 Å². The van der Waals surface area contributed by atoms with Crippen LogP contribution in [-0.4, -0.2) is 66.6 Å². The molecule has 2 aliphatic rings. The van der Waals surface area contributed by atoms with Gasteiger partial charge < -0.3 is 35.5 Å². The van der Waals surface area contributed by atoms with E-state index in [4.69, 9.17) is 10.5 Å². The van der Waals surface area contributed by atoms with Crippen molar-refractivity contribution in [2.24, 2.45) is 5.92 Å². The first kappa shape index (κ1) is 33.1. The molecule has 0 aromatic heterocycles. The highest BCUT2D eigenvalue weighted by molar-refractivity contribution is 6.71. The number of nitrogens with two attached hydrogens (primary N) is 1. The summed E-state index contributed by atoms with van der Waals surface area (Å²) in [6, 6.07) is 21.3. The number of carbonyl (C=O) groups is 3. The average Bonchev–Trinajstić information content (AvgIpc) is 3.44. The molecule has 2 heterocycles. The largest absolute Gasteiger partial charge is 0.432 e. The highest BCUT2D eigenvalue weighted by atomic mass is 28.4. The molecule has 1 fully saturated rings. The van der Waals surface area contributed by atoms with E-state index < -0.39 is 31.5 Å². The molecule has 5 rings (SSSR count). The maximum Gasteiger partial charge on any atom is 0.264 e. The first-order valence-corrected chi connectivity index (χ1v) is 18.5. The van der Waals surface area contributed by atoms with Crippen LogP contribution in [0, 0.1) is 5.92 Å². The smallest absolute Gasteiger partial charge is 0.264 e. The highest BCUT2D eigenvalue weighted by Gasteiger charge is 2.66. The lowest BCUT2D eigenvalue weighted by Gasteiger charge is -2.32. The van der Waals surface area contributed by atoms with Crippen LogP contribution in [0.1, 0.15) is 34.8 Å². The zero-order valence-electron chi connectivity index (χ0n) is 26.5. The van der Waals surface area contributed by atoms with Crippen molar-refractivity contribution in [1.29, 1.82) is 0 Å². The van der Waals surface area contributed by atoms with Gasteiger partial charge in [0.15, 0.2) is 13.9 Å². The third kappa shape index (κ3) is 6.23. The van der Waals surface area contributed by atoms with Crippen LogP contribution in [0.2, 0.25) is 18.6 Å². The Morgan fingerprint density at radius 3 is 2.46 bits per heavy atom. The topological polar surface area (TPSA) is 145 Å². The van der Waals surface area contributed by atoms with Gasteiger partial charge in [0.05, 0.1) is 24.8 Å². The van der Waals surface area contributed by atoms with Crippen LogP contribution in [-0.2, 0) is 26.5 Å². The van der Waals surface area contributed by atoms with Gasteiger partial charge in [-0.2, -0.15) is 0 Å². The third-order valence-corrected chi connectivity index (χ3v) is 11.5. The van der Waals surface area contributed by atoms with Crippen molar-refractivity contribution < 1.29 is 29.0 Å². The van der Waals surface area contributed by atoms with E-state index >= 15 is 0 Å². The Labute approximate surface area is 270 Å². The van der Waals surface area contributed by atoms with E-state index in [1.165, 1.54) is 0 Å². The highest BCUT2D eigenvalue weighted by Crippen LogP contribution is 2.60. The quantitative estimate of drug-likeness (QED) is 0.139. The summed E-state index contributed by atoms with van der Waals surface area (Å²) in [5.41, 5.74) is 7.36. The van der Waals surface area contributed by atoms with Crippen LogP contribution in [0.5, 0.6) is 0 Å². The number of hydrogen-bond donors (Lipinski definition) is 4. The second kappa shape index (κ2) is 13.2. The molecule has 10 nitrogen and oxygen atoms in total. The Hall–Kier alpha value is -4.29. The molecule has 11 heteroatoms. The Morgan fingerprint density at radius 1 is 1.13 bits per heavy atom. The number of nitrogen functional groups attached to an aromatic ring is 1. The maximum absolute atomic E-state index is 14.4. The monoisotopic (exact) mass is 642 g/mol. The first-order chi connectivity index (χ1) is 21.9. The lowest BCUT2D eigenvalue weighted by molar-refractivity contribution is -0.149. The van der Waals surface area contributed by atoms with E-state index in [0.29, 0.717) is 34.7 Å². The van der Waals surface area contributed by atoms with Gasteiger partial charge in [-0.25, -0.2) is 0 Å². The van der Waals surface area contributed by atoms with Crippen LogP contribution in [0.25, 0.3) is 0 Å². The molecule has 3 aromatic carbocycles. The minimum Gasteiger partial charge on any atom is -0.432 e. The molecular weight excluding hydrogens is 600 g/mol. The normalized spacial score (nSPS) is 22.2. The second-order valence-electron chi connectivity index (χ2n) is 12.6. The summed E-state index contributed by atoms with van der Waals surface area (Å²) in [4.78, 5) is 56.1. The number of nitrogens with one attached hydrogen (secondary N) is 1. The molecule has 46 heavy (non-hydrogen) atoms. The first-order valence-electron chi connectivity index (χ1n) is 15.5. The van der Waals surface area contributed by atoms with Crippen molar-refractivity contribution in [1.82, 2.24) is 4.90 Å². The number of benzene rings is 3. The van der Waals surface area contributed by atoms with E-state index in [0.717, 1.165) is 5.56 Å². The molecule has 0 bridgehead atoms. The Kier molecular flexibility index (Phi) is 9.50. The Balaban J connectivity index is 1.51. The number of rotatable bonds is 11. The molecular formula is C35H42N4O6Si. The van der Waals surface area contributed by atoms with Crippen LogP contribution in [0.4, 0.5) is 17.1 Å². The van der Waals surface area contributed by atoms with Crippen LogP contribution in [0.15, 0.2) is 85.5 Å². The summed E-state index contributed by atoms with van der Waals surface area (Å²) in [6.07, 6.45) is 0.800. The second-order valence-corrected chi connectivity index (χ2v) is 16.6. The Bertz CT molecular complexity index is 1610. The van der Waals surface area contributed by atoms with Gasteiger partial charge in [-0.15, -0.1) is 6.58 Å². The SMILES string of the molecule is C=CCN1C(=O)[C@]2(O[C@H](CC(=O)N(CCO)Cc3ccccc3)[C@@H]([Si](C)(C)O)[C@@H]2C)c2cc(NC(=O)c3ccc(N)cc3)ccc21. The fourth-order valence-corrected chi connectivity index (χ4v) is 9.58. The summed E-state index contributed by atoms with van der Waals surface area (Å²) in [5.74, 6) is -1.38. The van der Waals surface area contributed by atoms with Crippen LogP contribution < -0.4 is 16.0 Å². The maximum atomic E-state index is 14.4. The molecule has 5 N–H and O–H groups in total. The minimum atomic E-state index is -3.03. The number of hydrogen-bond acceptors (Lipinski definition) is 7. The summed E-state index contributed by atoms with van der Waals surface area (Å²) < 4.78 is 6.80. The fourth-order valence-electron chi connectivity index (χ4n) is 7.02. The summed E-state index contributed by atoms with van der Waals surface area (Å²) in [7, 11) is -3.03. The van der Waals surface area contributed by atoms with Crippen molar-refractivity contribution in [3.05, 3.63) is 102 Å². The lowest BCUT2D eigenvalue weighted by Crippen LogP contribution is -2.46. The number of nitrogens with zero attached hydrogens (tertiary/aromatic N) is 2. The number of anilines is 3. The summed E-state index contributed by atoms with van der Waals surface area (Å²) >= 11 is 0. The minimum absolute atomic E-state index is 0.0712. The molecule has 0 radical (unpaired) electrons. The van der Waals surface area contributed by atoms with E-state index in [1.807, 2.05) is 37.3 Å². The molecule has 3 amide bonds. The fraction of sp³-hybridized carbons (Fsp3) is 0.343. The van der Waals surface area contributed by atoms with Crippen molar-refractivity contribution in [3.8, 4) is 0 Å². The number of aliphatic hydroxyl groups is 1. The molecule has 242 valence electrons. The van der Waals surface area contributed by atoms with Gasteiger partial charge in [0.1, 0.15) is 0 Å². The van der Waals surface area contributed by atoms with Gasteiger partial charge in [-0.05, 0) is 61.1 Å². The lowest BCUT2D eigenvalue weighted by atomic mass is 9.82. The number of aliphatic hydroxyl groups excluding tert-OH is 1. The molecule has 0 saturated carbocycles. The molecule has 1 spiro atoms. The summed E-state index contributed by atoms with van der Waals surface area (Å²) in [6.45, 7) is 9.81. The summed E-state index contributed by atoms with van der Waals surface area (Å²) in [5, 5.41) is 12.7. The van der Waals surface area contributed by atoms with E-state index in [1.54, 1.807) is 71.4 Å².